The summed E-state index contributed by atoms with van der Waals surface area (Å²) in [5.41, 5.74) is 11.3. The highest BCUT2D eigenvalue weighted by Gasteiger charge is 2.32. The Kier molecular flexibility index (Phi) is 16.2. The van der Waals surface area contributed by atoms with Crippen LogP contribution in [-0.2, 0) is 40.0 Å². The number of carboxylic acid groups (broad SMARTS) is 1. The van der Waals surface area contributed by atoms with E-state index in [9.17, 15) is 43.8 Å². The van der Waals surface area contributed by atoms with Gasteiger partial charge in [-0.05, 0) is 32.8 Å². The number of carbonyl (C=O) groups excluding carboxylic acids is 6. The fourth-order valence-corrected chi connectivity index (χ4v) is 4.04. The second kappa shape index (κ2) is 19.0. The average Bonchev–Trinajstić information content (AvgIpc) is 2.96. The summed E-state index contributed by atoms with van der Waals surface area (Å²) in [6, 6.07) is 1.08. The third-order valence-electron chi connectivity index (χ3n) is 6.70. The van der Waals surface area contributed by atoms with Crippen LogP contribution in [0.4, 0.5) is 0 Å². The zero-order valence-electron chi connectivity index (χ0n) is 25.9. The number of carbonyl (C=O) groups is 7. The Labute approximate surface area is 261 Å². The summed E-state index contributed by atoms with van der Waals surface area (Å²) in [6.45, 7) is 5.74. The number of unbranched alkanes of at least 4 members (excludes halogenated alkanes) is 1. The van der Waals surface area contributed by atoms with Gasteiger partial charge in [-0.2, -0.15) is 0 Å². The molecule has 0 radical (unpaired) electrons. The summed E-state index contributed by atoms with van der Waals surface area (Å²) in [7, 11) is 0. The minimum Gasteiger partial charge on any atom is -0.480 e. The summed E-state index contributed by atoms with van der Waals surface area (Å²) >= 11 is 0. The van der Waals surface area contributed by atoms with E-state index in [0.717, 1.165) is 6.42 Å². The van der Waals surface area contributed by atoms with E-state index in [1.165, 1.54) is 20.8 Å². The standard InChI is InChI=1S/C29H45N7O9/c1-5-6-12-20(29(44)45)34-27(42)21(13-18-10-8-7-9-11-18)35-25(40)16(3)32-24(39)15(2)33-28(43)23(17(4)37)36-26(41)19(30)14-22(31)38/h7-11,15-17,19-21,23,37H,5-6,12-14,30H2,1-4H3,(H2,31,38)(H,32,39)(H,33,43)(H,34,42)(H,35,40)(H,36,41)(H,44,45)/t15-,16-,17+,19-,20-,21-,23-/m0/s1. The van der Waals surface area contributed by atoms with Gasteiger partial charge in [0.25, 0.3) is 0 Å². The highest BCUT2D eigenvalue weighted by molar-refractivity contribution is 5.96. The lowest BCUT2D eigenvalue weighted by molar-refractivity contribution is -0.142. The lowest BCUT2D eigenvalue weighted by atomic mass is 10.0. The Morgan fingerprint density at radius 2 is 1.29 bits per heavy atom. The van der Waals surface area contributed by atoms with Crippen molar-refractivity contribution in [3.8, 4) is 0 Å². The quantitative estimate of drug-likeness (QED) is 0.0774. The number of aliphatic carboxylic acids is 1. The average molecular weight is 636 g/mol. The number of primary amides is 1. The van der Waals surface area contributed by atoms with Crippen LogP contribution >= 0.6 is 0 Å². The molecule has 7 atom stereocenters. The number of amides is 6. The molecule has 0 fully saturated rings. The van der Waals surface area contributed by atoms with Gasteiger partial charge in [-0.1, -0.05) is 50.1 Å². The molecule has 0 aliphatic carbocycles. The molecule has 0 spiro atoms. The predicted octanol–water partition coefficient (Wildman–Crippen LogP) is -2.45. The van der Waals surface area contributed by atoms with Gasteiger partial charge in [-0.25, -0.2) is 4.79 Å². The molecule has 0 aromatic heterocycles. The van der Waals surface area contributed by atoms with E-state index in [-0.39, 0.29) is 12.8 Å². The summed E-state index contributed by atoms with van der Waals surface area (Å²) in [5, 5.41) is 31.5. The molecule has 0 bridgehead atoms. The summed E-state index contributed by atoms with van der Waals surface area (Å²) < 4.78 is 0. The molecule has 11 N–H and O–H groups in total. The topological polar surface area (TPSA) is 272 Å². The van der Waals surface area contributed by atoms with E-state index < -0.39 is 90.2 Å². The molecule has 0 saturated heterocycles. The van der Waals surface area contributed by atoms with Crippen molar-refractivity contribution in [1.82, 2.24) is 26.6 Å². The van der Waals surface area contributed by atoms with Crippen LogP contribution in [0.5, 0.6) is 0 Å². The van der Waals surface area contributed by atoms with Crippen LogP contribution in [0.1, 0.15) is 58.9 Å². The van der Waals surface area contributed by atoms with E-state index in [0.29, 0.717) is 12.0 Å². The first-order valence-electron chi connectivity index (χ1n) is 14.6. The number of nitrogens with two attached hydrogens (primary N) is 2. The number of hydrogen-bond acceptors (Lipinski definition) is 9. The smallest absolute Gasteiger partial charge is 0.326 e. The summed E-state index contributed by atoms with van der Waals surface area (Å²) in [4.78, 5) is 86.6. The van der Waals surface area contributed by atoms with Gasteiger partial charge in [-0.3, -0.25) is 28.8 Å². The molecule has 1 aromatic carbocycles. The van der Waals surface area contributed by atoms with Crippen LogP contribution in [-0.4, -0.2) is 94.0 Å². The molecule has 6 amide bonds. The van der Waals surface area contributed by atoms with Crippen LogP contribution in [0.2, 0.25) is 0 Å². The van der Waals surface area contributed by atoms with Gasteiger partial charge in [0.2, 0.25) is 35.4 Å². The lowest BCUT2D eigenvalue weighted by Crippen LogP contribution is -2.60. The van der Waals surface area contributed by atoms with E-state index >= 15 is 0 Å². The molecule has 0 aliphatic heterocycles. The number of aliphatic hydroxyl groups is 1. The maximum absolute atomic E-state index is 13.1. The van der Waals surface area contributed by atoms with Gasteiger partial charge in [0.15, 0.2) is 0 Å². The number of aliphatic hydroxyl groups excluding tert-OH is 1. The maximum Gasteiger partial charge on any atom is 0.326 e. The van der Waals surface area contributed by atoms with Crippen molar-refractivity contribution in [2.24, 2.45) is 11.5 Å². The second-order valence-corrected chi connectivity index (χ2v) is 10.8. The molecular formula is C29H45N7O9. The Morgan fingerprint density at radius 1 is 0.756 bits per heavy atom. The van der Waals surface area contributed by atoms with Gasteiger partial charge >= 0.3 is 5.97 Å². The normalized spacial score (nSPS) is 15.5. The fraction of sp³-hybridized carbons (Fsp3) is 0.552. The molecule has 1 aromatic rings. The first-order valence-corrected chi connectivity index (χ1v) is 14.6. The van der Waals surface area contributed by atoms with Gasteiger partial charge in [0.1, 0.15) is 30.2 Å². The Hall–Kier alpha value is -4.57. The zero-order chi connectivity index (χ0) is 34.3. The molecule has 250 valence electrons. The van der Waals surface area contributed by atoms with Crippen LogP contribution in [0.15, 0.2) is 30.3 Å². The number of rotatable bonds is 19. The summed E-state index contributed by atoms with van der Waals surface area (Å²) in [5.74, 6) is -6.19. The van der Waals surface area contributed by atoms with Gasteiger partial charge in [-0.15, -0.1) is 0 Å². The Balaban J connectivity index is 2.91. The van der Waals surface area contributed by atoms with Gasteiger partial charge < -0.3 is 48.3 Å². The number of benzene rings is 1. The van der Waals surface area contributed by atoms with Crippen LogP contribution in [0.25, 0.3) is 0 Å². The zero-order valence-corrected chi connectivity index (χ0v) is 25.9. The van der Waals surface area contributed by atoms with E-state index in [4.69, 9.17) is 11.5 Å². The maximum atomic E-state index is 13.1. The molecule has 16 heteroatoms. The Morgan fingerprint density at radius 3 is 1.80 bits per heavy atom. The minimum atomic E-state index is -1.53. The molecule has 0 saturated carbocycles. The fourth-order valence-electron chi connectivity index (χ4n) is 4.04. The highest BCUT2D eigenvalue weighted by Crippen LogP contribution is 2.07. The van der Waals surface area contributed by atoms with Crippen molar-refractivity contribution >= 4 is 41.4 Å². The number of nitrogens with one attached hydrogen (secondary N) is 5. The van der Waals surface area contributed by atoms with Gasteiger partial charge in [0.05, 0.1) is 18.6 Å². The first kappa shape index (κ1) is 38.5. The monoisotopic (exact) mass is 635 g/mol. The van der Waals surface area contributed by atoms with Crippen molar-refractivity contribution in [3.63, 3.8) is 0 Å². The molecule has 0 aliphatic rings. The molecule has 16 nitrogen and oxygen atoms in total. The highest BCUT2D eigenvalue weighted by atomic mass is 16.4. The molecule has 45 heavy (non-hydrogen) atoms. The Bertz CT molecular complexity index is 1200. The largest absolute Gasteiger partial charge is 0.480 e. The lowest BCUT2D eigenvalue weighted by Gasteiger charge is -2.25. The number of carboxylic acids is 1. The molecule has 1 rings (SSSR count). The van der Waals surface area contributed by atoms with Crippen LogP contribution in [0, 0.1) is 0 Å². The van der Waals surface area contributed by atoms with Crippen molar-refractivity contribution < 1.29 is 43.8 Å². The van der Waals surface area contributed by atoms with Crippen molar-refractivity contribution in [3.05, 3.63) is 35.9 Å². The van der Waals surface area contributed by atoms with Crippen molar-refractivity contribution in [2.45, 2.75) is 102 Å². The third-order valence-corrected chi connectivity index (χ3v) is 6.70. The summed E-state index contributed by atoms with van der Waals surface area (Å²) in [6.07, 6.45) is -0.367. The molecule has 0 heterocycles. The SMILES string of the molecule is CCCC[C@H](NC(=O)[C@H](Cc1ccccc1)NC(=O)[C@H](C)NC(=O)[C@H](C)NC(=O)[C@@H](NC(=O)[C@@H](N)CC(N)=O)[C@@H](C)O)C(=O)O. The van der Waals surface area contributed by atoms with E-state index in [1.807, 2.05) is 6.92 Å². The first-order chi connectivity index (χ1) is 21.1. The molecular weight excluding hydrogens is 590 g/mol. The van der Waals surface area contributed by atoms with Gasteiger partial charge in [0, 0.05) is 6.42 Å². The number of hydrogen-bond donors (Lipinski definition) is 9. The predicted molar refractivity (Wildman–Crippen MR) is 162 cm³/mol. The molecule has 0 unspecified atom stereocenters. The third kappa shape index (κ3) is 13.7. The van der Waals surface area contributed by atoms with Crippen molar-refractivity contribution in [2.75, 3.05) is 0 Å². The second-order valence-electron chi connectivity index (χ2n) is 10.8. The van der Waals surface area contributed by atoms with Crippen molar-refractivity contribution in [1.29, 1.82) is 0 Å². The van der Waals surface area contributed by atoms with E-state index in [1.54, 1.807) is 30.3 Å². The minimum absolute atomic E-state index is 0.0429. The van der Waals surface area contributed by atoms with Crippen LogP contribution in [0.3, 0.4) is 0 Å². The van der Waals surface area contributed by atoms with E-state index in [2.05, 4.69) is 26.6 Å². The van der Waals surface area contributed by atoms with Crippen LogP contribution < -0.4 is 38.1 Å².